The molecule has 0 atom stereocenters. The first-order valence-corrected chi connectivity index (χ1v) is 10.8. The molecule has 6 heteroatoms. The summed E-state index contributed by atoms with van der Waals surface area (Å²) in [7, 11) is 0. The second-order valence-corrected chi connectivity index (χ2v) is 8.04. The van der Waals surface area contributed by atoms with Crippen molar-refractivity contribution in [1.82, 2.24) is 9.80 Å². The van der Waals surface area contributed by atoms with Crippen molar-refractivity contribution in [2.45, 2.75) is 12.8 Å². The molecule has 0 saturated carbocycles. The van der Waals surface area contributed by atoms with Crippen LogP contribution in [0.2, 0.25) is 5.02 Å². The maximum atomic E-state index is 12.7. The van der Waals surface area contributed by atoms with Gasteiger partial charge >= 0.3 is 0 Å². The first-order chi connectivity index (χ1) is 14.2. The number of ether oxygens (including phenoxy) is 1. The van der Waals surface area contributed by atoms with Crippen molar-refractivity contribution in [3.8, 4) is 5.75 Å². The number of halogens is 1. The fraction of sp³-hybridized carbons (Fsp3) is 0.435. The molecule has 2 aliphatic heterocycles. The van der Waals surface area contributed by atoms with E-state index < -0.39 is 0 Å². The van der Waals surface area contributed by atoms with Crippen LogP contribution in [0.4, 0.5) is 5.69 Å². The van der Waals surface area contributed by atoms with Crippen LogP contribution in [0.25, 0.3) is 0 Å². The number of para-hydroxylation sites is 2. The van der Waals surface area contributed by atoms with Crippen molar-refractivity contribution in [2.75, 3.05) is 57.3 Å². The van der Waals surface area contributed by atoms with E-state index in [2.05, 4.69) is 21.9 Å². The van der Waals surface area contributed by atoms with Crippen molar-refractivity contribution in [2.24, 2.45) is 0 Å². The van der Waals surface area contributed by atoms with Gasteiger partial charge < -0.3 is 14.5 Å². The molecule has 2 heterocycles. The summed E-state index contributed by atoms with van der Waals surface area (Å²) >= 11 is 6.12. The average Bonchev–Trinajstić information content (AvgIpc) is 3.19. The molecule has 0 aliphatic carbocycles. The molecule has 29 heavy (non-hydrogen) atoms. The van der Waals surface area contributed by atoms with E-state index in [0.29, 0.717) is 18.1 Å². The van der Waals surface area contributed by atoms with Crippen molar-refractivity contribution in [1.29, 1.82) is 0 Å². The number of hydrogen-bond acceptors (Lipinski definition) is 4. The zero-order valence-electron chi connectivity index (χ0n) is 16.7. The van der Waals surface area contributed by atoms with Crippen LogP contribution < -0.4 is 9.64 Å². The lowest BCUT2D eigenvalue weighted by molar-refractivity contribution is -0.118. The number of carbonyl (C=O) groups excluding carboxylic acids is 1. The molecule has 4 rings (SSSR count). The molecule has 2 aliphatic rings. The first kappa shape index (κ1) is 20.2. The number of hydrogen-bond donors (Lipinski definition) is 0. The highest BCUT2D eigenvalue weighted by Gasteiger charge is 2.25. The Labute approximate surface area is 177 Å². The number of amides is 1. The van der Waals surface area contributed by atoms with Crippen LogP contribution in [0.15, 0.2) is 48.5 Å². The fourth-order valence-corrected chi connectivity index (χ4v) is 4.26. The van der Waals surface area contributed by atoms with Crippen LogP contribution in [0.5, 0.6) is 5.75 Å². The third kappa shape index (κ3) is 5.10. The molecule has 0 N–H and O–H groups in total. The van der Waals surface area contributed by atoms with Crippen LogP contribution in [0.3, 0.4) is 0 Å². The Bertz CT molecular complexity index is 836. The van der Waals surface area contributed by atoms with Gasteiger partial charge in [-0.05, 0) is 30.2 Å². The van der Waals surface area contributed by atoms with Crippen molar-refractivity contribution >= 4 is 23.2 Å². The maximum Gasteiger partial charge on any atom is 0.228 e. The molecular weight excluding hydrogens is 386 g/mol. The Morgan fingerprint density at radius 3 is 2.38 bits per heavy atom. The van der Waals surface area contributed by atoms with Gasteiger partial charge in [0.15, 0.2) is 0 Å². The minimum absolute atomic E-state index is 0.241. The van der Waals surface area contributed by atoms with Gasteiger partial charge in [0.05, 0.1) is 5.02 Å². The normalized spacial score (nSPS) is 17.3. The number of anilines is 1. The lowest BCUT2D eigenvalue weighted by Gasteiger charge is -2.34. The van der Waals surface area contributed by atoms with Gasteiger partial charge in [-0.25, -0.2) is 0 Å². The van der Waals surface area contributed by atoms with E-state index in [0.717, 1.165) is 63.7 Å². The second kappa shape index (κ2) is 9.61. The van der Waals surface area contributed by atoms with Gasteiger partial charge in [0.1, 0.15) is 12.4 Å². The minimum atomic E-state index is 0.241. The molecular formula is C23H28ClN3O2. The van der Waals surface area contributed by atoms with E-state index in [1.807, 2.05) is 41.3 Å². The van der Waals surface area contributed by atoms with Crippen molar-refractivity contribution < 1.29 is 9.53 Å². The molecule has 1 amide bonds. The van der Waals surface area contributed by atoms with Gasteiger partial charge in [-0.1, -0.05) is 41.9 Å². The molecule has 0 spiro atoms. The molecule has 2 aromatic rings. The van der Waals surface area contributed by atoms with Gasteiger partial charge in [0.25, 0.3) is 0 Å². The van der Waals surface area contributed by atoms with E-state index in [-0.39, 0.29) is 5.91 Å². The Hall–Kier alpha value is -2.08. The summed E-state index contributed by atoms with van der Waals surface area (Å²) in [6.07, 6.45) is 1.56. The monoisotopic (exact) mass is 413 g/mol. The highest BCUT2D eigenvalue weighted by atomic mass is 35.5. The summed E-state index contributed by atoms with van der Waals surface area (Å²) in [4.78, 5) is 19.4. The smallest absolute Gasteiger partial charge is 0.228 e. The molecule has 1 fully saturated rings. The van der Waals surface area contributed by atoms with Gasteiger partial charge in [-0.3, -0.25) is 9.69 Å². The van der Waals surface area contributed by atoms with Crippen molar-refractivity contribution in [3.05, 3.63) is 59.1 Å². The average molecular weight is 414 g/mol. The molecule has 2 aromatic carbocycles. The largest absolute Gasteiger partial charge is 0.491 e. The lowest BCUT2D eigenvalue weighted by Crippen LogP contribution is -2.48. The standard InChI is InChI=1S/C23H28ClN3O2/c24-20-6-2-4-8-22(20)29-18-17-26-15-13-25(14-16-26)11-10-23(28)27-12-9-19-5-1-3-7-21(19)27/h1-8H,9-18H2. The van der Waals surface area contributed by atoms with E-state index in [1.165, 1.54) is 5.56 Å². The molecule has 1 saturated heterocycles. The lowest BCUT2D eigenvalue weighted by atomic mass is 10.2. The van der Waals surface area contributed by atoms with Crippen molar-refractivity contribution in [3.63, 3.8) is 0 Å². The predicted molar refractivity (Wildman–Crippen MR) is 117 cm³/mol. The summed E-state index contributed by atoms with van der Waals surface area (Å²) in [6, 6.07) is 15.8. The highest BCUT2D eigenvalue weighted by molar-refractivity contribution is 6.32. The number of nitrogens with zero attached hydrogens (tertiary/aromatic N) is 3. The Morgan fingerprint density at radius 1 is 0.897 bits per heavy atom. The van der Waals surface area contributed by atoms with E-state index in [9.17, 15) is 4.79 Å². The summed E-state index contributed by atoms with van der Waals surface area (Å²) in [5, 5.41) is 0.655. The molecule has 0 aromatic heterocycles. The van der Waals surface area contributed by atoms with Gasteiger partial charge in [-0.15, -0.1) is 0 Å². The topological polar surface area (TPSA) is 36.0 Å². The van der Waals surface area contributed by atoms with Crippen LogP contribution >= 0.6 is 11.6 Å². The summed E-state index contributed by atoms with van der Waals surface area (Å²) in [5.74, 6) is 0.986. The Morgan fingerprint density at radius 2 is 1.59 bits per heavy atom. The zero-order chi connectivity index (χ0) is 20.1. The molecule has 0 unspecified atom stereocenters. The molecule has 5 nitrogen and oxygen atoms in total. The summed E-state index contributed by atoms with van der Waals surface area (Å²) in [5.41, 5.74) is 2.38. The van der Waals surface area contributed by atoms with E-state index in [4.69, 9.17) is 16.3 Å². The Balaban J connectivity index is 1.15. The van der Waals surface area contributed by atoms with Crippen LogP contribution in [-0.4, -0.2) is 68.1 Å². The maximum absolute atomic E-state index is 12.7. The molecule has 0 radical (unpaired) electrons. The van der Waals surface area contributed by atoms with Gasteiger partial charge in [-0.2, -0.15) is 0 Å². The quantitative estimate of drug-likeness (QED) is 0.697. The third-order valence-electron chi connectivity index (χ3n) is 5.80. The fourth-order valence-electron chi connectivity index (χ4n) is 4.07. The van der Waals surface area contributed by atoms with E-state index in [1.54, 1.807) is 0 Å². The third-order valence-corrected chi connectivity index (χ3v) is 6.11. The summed E-state index contributed by atoms with van der Waals surface area (Å²) in [6.45, 7) is 7.18. The minimum Gasteiger partial charge on any atom is -0.491 e. The zero-order valence-corrected chi connectivity index (χ0v) is 17.5. The predicted octanol–water partition coefficient (Wildman–Crippen LogP) is 3.32. The summed E-state index contributed by atoms with van der Waals surface area (Å²) < 4.78 is 5.79. The number of fused-ring (bicyclic) bond motifs is 1. The number of benzene rings is 2. The number of piperazine rings is 1. The number of carbonyl (C=O) groups is 1. The Kier molecular flexibility index (Phi) is 6.70. The second-order valence-electron chi connectivity index (χ2n) is 7.64. The van der Waals surface area contributed by atoms with E-state index >= 15 is 0 Å². The van der Waals surface area contributed by atoms with Crippen LogP contribution in [0.1, 0.15) is 12.0 Å². The highest BCUT2D eigenvalue weighted by Crippen LogP contribution is 2.28. The van der Waals surface area contributed by atoms with Gasteiger partial charge in [0, 0.05) is 57.9 Å². The molecule has 154 valence electrons. The molecule has 0 bridgehead atoms. The van der Waals surface area contributed by atoms with Crippen LogP contribution in [0, 0.1) is 0 Å². The van der Waals surface area contributed by atoms with Crippen LogP contribution in [-0.2, 0) is 11.2 Å². The number of rotatable bonds is 7. The van der Waals surface area contributed by atoms with Gasteiger partial charge in [0.2, 0.25) is 5.91 Å². The SMILES string of the molecule is O=C(CCN1CCN(CCOc2ccccc2Cl)CC1)N1CCc2ccccc21. The first-order valence-electron chi connectivity index (χ1n) is 10.4.